The van der Waals surface area contributed by atoms with E-state index in [9.17, 15) is 23.1 Å². The summed E-state index contributed by atoms with van der Waals surface area (Å²) in [7, 11) is 1.98. The number of hydrogen-bond donors (Lipinski definition) is 0. The van der Waals surface area contributed by atoms with Gasteiger partial charge in [-0.05, 0) is 13.2 Å². The lowest BCUT2D eigenvalue weighted by molar-refractivity contribution is -0.351. The van der Waals surface area contributed by atoms with Crippen LogP contribution in [0.2, 0.25) is 5.02 Å². The van der Waals surface area contributed by atoms with E-state index in [0.29, 0.717) is 12.3 Å². The molecule has 20 heavy (non-hydrogen) atoms. The fourth-order valence-electron chi connectivity index (χ4n) is 1.26. The molecule has 1 aromatic heterocycles. The molecule has 0 atom stereocenters. The zero-order chi connectivity index (χ0) is 15.5. The van der Waals surface area contributed by atoms with E-state index in [2.05, 4.69) is 14.5 Å². The highest BCUT2D eigenvalue weighted by Crippen LogP contribution is 2.33. The Morgan fingerprint density at radius 3 is 2.35 bits per heavy atom. The van der Waals surface area contributed by atoms with Gasteiger partial charge in [0.25, 0.3) is 0 Å². The summed E-state index contributed by atoms with van der Waals surface area (Å²) in [6.07, 6.45) is -4.20. The summed E-state index contributed by atoms with van der Waals surface area (Å²) >= 11 is 5.63. The maximum Gasteiger partial charge on any atom is 0.417 e. The molecule has 0 spiro atoms. The number of carbonyl (C=O) groups is 1. The monoisotopic (exact) mass is 310 g/mol. The number of rotatable bonds is 3. The second-order valence-electron chi connectivity index (χ2n) is 3.41. The lowest BCUT2D eigenvalue weighted by Gasteiger charge is -2.16. The van der Waals surface area contributed by atoms with Gasteiger partial charge in [0.1, 0.15) is 5.57 Å². The maximum atomic E-state index is 12.5. The summed E-state index contributed by atoms with van der Waals surface area (Å²) < 4.78 is 46.1. The van der Waals surface area contributed by atoms with E-state index in [0.717, 1.165) is 14.2 Å². The number of hydrogen-bond acceptors (Lipinski definition) is 5. The first-order valence-corrected chi connectivity index (χ1v) is 5.36. The van der Waals surface area contributed by atoms with Gasteiger partial charge in [0.05, 0.1) is 29.3 Å². The fourth-order valence-corrected chi connectivity index (χ4v) is 1.52. The van der Waals surface area contributed by atoms with Crippen molar-refractivity contribution in [3.8, 4) is 0 Å². The second-order valence-corrected chi connectivity index (χ2v) is 3.82. The quantitative estimate of drug-likeness (QED) is 0.482. The number of methoxy groups -OCH3 is 2. The first-order valence-electron chi connectivity index (χ1n) is 4.99. The van der Waals surface area contributed by atoms with Crippen LogP contribution >= 0.6 is 11.6 Å². The van der Waals surface area contributed by atoms with Crippen molar-refractivity contribution in [3.63, 3.8) is 0 Å². The van der Waals surface area contributed by atoms with Gasteiger partial charge in [-0.25, -0.2) is 4.79 Å². The standard InChI is InChI=1S/C11H9ClF3NO4/c1-19-9(17)7(10(18)20-2)8-6(12)3-5(4-16-8)11(13,14)15/h3-4,17H,1-2H3/p-1/b9-7-. The van der Waals surface area contributed by atoms with Gasteiger partial charge in [-0.15, -0.1) is 0 Å². The van der Waals surface area contributed by atoms with Gasteiger partial charge in [0, 0.05) is 6.20 Å². The minimum absolute atomic E-state index is 0.446. The molecular weight excluding hydrogens is 303 g/mol. The Morgan fingerprint density at radius 1 is 1.35 bits per heavy atom. The number of carbonyl (C=O) groups excluding carboxylic acids is 1. The number of aromatic nitrogens is 1. The molecule has 0 aliphatic heterocycles. The number of ether oxygens (including phenoxy) is 2. The molecule has 0 aliphatic carbocycles. The maximum absolute atomic E-state index is 12.5. The van der Waals surface area contributed by atoms with Gasteiger partial charge in [0.2, 0.25) is 0 Å². The Morgan fingerprint density at radius 2 is 1.95 bits per heavy atom. The third-order valence-electron chi connectivity index (χ3n) is 2.18. The molecule has 1 aromatic rings. The van der Waals surface area contributed by atoms with Crippen molar-refractivity contribution in [2.75, 3.05) is 14.2 Å². The first kappa shape index (κ1) is 16.1. The molecule has 0 fully saturated rings. The van der Waals surface area contributed by atoms with Gasteiger partial charge in [-0.3, -0.25) is 4.98 Å². The van der Waals surface area contributed by atoms with Crippen LogP contribution < -0.4 is 5.11 Å². The van der Waals surface area contributed by atoms with Crippen LogP contribution in [-0.2, 0) is 20.4 Å². The van der Waals surface area contributed by atoms with E-state index in [1.807, 2.05) is 0 Å². The molecule has 110 valence electrons. The number of alkyl halides is 3. The van der Waals surface area contributed by atoms with Crippen molar-refractivity contribution in [1.29, 1.82) is 0 Å². The Labute approximate surface area is 116 Å². The van der Waals surface area contributed by atoms with Crippen LogP contribution in [-0.4, -0.2) is 25.2 Å². The highest BCUT2D eigenvalue weighted by Gasteiger charge is 2.32. The number of halogens is 4. The molecular formula is C11H8ClF3NO4-. The minimum atomic E-state index is -4.65. The Balaban J connectivity index is 3.42. The lowest BCUT2D eigenvalue weighted by Crippen LogP contribution is -2.17. The SMILES string of the molecule is COC(=O)/C(=C(/[O-])OC)c1ncc(C(F)(F)F)cc1Cl. The van der Waals surface area contributed by atoms with Crippen molar-refractivity contribution < 1.29 is 32.5 Å². The van der Waals surface area contributed by atoms with E-state index >= 15 is 0 Å². The first-order chi connectivity index (χ1) is 9.22. The molecule has 1 heterocycles. The van der Waals surface area contributed by atoms with Crippen LogP contribution in [0.25, 0.3) is 5.57 Å². The molecule has 0 bridgehead atoms. The van der Waals surface area contributed by atoms with Gasteiger partial charge in [-0.1, -0.05) is 11.6 Å². The molecule has 0 saturated carbocycles. The highest BCUT2D eigenvalue weighted by atomic mass is 35.5. The number of nitrogens with zero attached hydrogens (tertiary/aromatic N) is 1. The summed E-state index contributed by atoms with van der Waals surface area (Å²) in [5.74, 6) is -2.24. The minimum Gasteiger partial charge on any atom is -0.616 e. The average molecular weight is 311 g/mol. The molecule has 0 aliphatic rings. The summed E-state index contributed by atoms with van der Waals surface area (Å²) in [5.41, 5.74) is -2.24. The van der Waals surface area contributed by atoms with Crippen LogP contribution in [0.5, 0.6) is 0 Å². The van der Waals surface area contributed by atoms with Crippen molar-refractivity contribution in [2.45, 2.75) is 6.18 Å². The van der Waals surface area contributed by atoms with Gasteiger partial charge in [-0.2, -0.15) is 13.2 Å². The summed E-state index contributed by atoms with van der Waals surface area (Å²) in [5, 5.41) is 10.9. The third kappa shape index (κ3) is 3.32. The number of esters is 1. The topological polar surface area (TPSA) is 71.5 Å². The predicted octanol–water partition coefficient (Wildman–Crippen LogP) is 1.60. The van der Waals surface area contributed by atoms with E-state index in [-0.39, 0.29) is 0 Å². The average Bonchev–Trinajstić information content (AvgIpc) is 2.38. The van der Waals surface area contributed by atoms with E-state index in [1.54, 1.807) is 0 Å². The van der Waals surface area contributed by atoms with Crippen molar-refractivity contribution in [1.82, 2.24) is 4.98 Å². The Hall–Kier alpha value is -1.96. The van der Waals surface area contributed by atoms with Crippen LogP contribution in [0, 0.1) is 0 Å². The third-order valence-corrected chi connectivity index (χ3v) is 2.47. The second kappa shape index (κ2) is 6.00. The van der Waals surface area contributed by atoms with Gasteiger partial charge in [0.15, 0.2) is 0 Å². The molecule has 0 N–H and O–H groups in total. The fraction of sp³-hybridized carbons (Fsp3) is 0.273. The van der Waals surface area contributed by atoms with Gasteiger partial charge < -0.3 is 14.6 Å². The van der Waals surface area contributed by atoms with Crippen molar-refractivity contribution >= 4 is 23.1 Å². The molecule has 1 rings (SSSR count). The Bertz CT molecular complexity index is 557. The zero-order valence-electron chi connectivity index (χ0n) is 10.2. The predicted molar refractivity (Wildman–Crippen MR) is 60.2 cm³/mol. The van der Waals surface area contributed by atoms with Crippen LogP contribution in [0.3, 0.4) is 0 Å². The molecule has 0 unspecified atom stereocenters. The highest BCUT2D eigenvalue weighted by molar-refractivity contribution is 6.34. The van der Waals surface area contributed by atoms with Crippen LogP contribution in [0.4, 0.5) is 13.2 Å². The van der Waals surface area contributed by atoms with Crippen LogP contribution in [0.15, 0.2) is 18.2 Å². The Kier molecular flexibility index (Phi) is 4.83. The van der Waals surface area contributed by atoms with Crippen LogP contribution in [0.1, 0.15) is 11.3 Å². The van der Waals surface area contributed by atoms with Crippen molar-refractivity contribution in [3.05, 3.63) is 34.5 Å². The molecule has 5 nitrogen and oxygen atoms in total. The molecule has 9 heteroatoms. The summed E-state index contributed by atoms with van der Waals surface area (Å²) in [6.45, 7) is 0. The zero-order valence-corrected chi connectivity index (χ0v) is 11.0. The normalized spacial score (nSPS) is 12.7. The smallest absolute Gasteiger partial charge is 0.417 e. The van der Waals surface area contributed by atoms with Crippen molar-refractivity contribution in [2.24, 2.45) is 0 Å². The van der Waals surface area contributed by atoms with E-state index < -0.39 is 39.9 Å². The molecule has 0 radical (unpaired) electrons. The van der Waals surface area contributed by atoms with E-state index in [4.69, 9.17) is 11.6 Å². The largest absolute Gasteiger partial charge is 0.616 e. The number of pyridine rings is 1. The van der Waals surface area contributed by atoms with Gasteiger partial charge >= 0.3 is 12.1 Å². The molecule has 0 aromatic carbocycles. The molecule has 0 saturated heterocycles. The summed E-state index contributed by atoms with van der Waals surface area (Å²) in [4.78, 5) is 14.9. The van der Waals surface area contributed by atoms with E-state index in [1.165, 1.54) is 0 Å². The molecule has 0 amide bonds. The lowest BCUT2D eigenvalue weighted by atomic mass is 10.1. The summed E-state index contributed by atoms with van der Waals surface area (Å²) in [6, 6.07) is 0.551.